The standard InChI is InChI=1S/C70H69ClN10O17S2/c71-32-43-35-81(65(87)55-29-42-25-37(13-20-50(42)77-55)26-57(83)53-28-39-7-1-5-11-49(39)76-53)56-31-58(47-9-3-4-10-48(47)61(43)56)98-70(96)97-23-24-99-100-36-41(67(90)91)8-2-6-12-51(68(92)93)78-60(84)22-16-40(66(88)89)27-46(82)19-21-52(69(94)95)79-63(85)38-14-17-44(18-15-38)73-33-45-34-74-54-30-59(72)80-64(86)62(54)75-45/h1,3-5,7,9-11,13-15,17-18,20,25,28-31,34,40-41,43,51-52,73,76-77H,2,6,8,12,16,19,21-24,26-27,32-33,35-36H2,(H,78,84)(H,79,85)(H,88,89)(H,90,91)(H,92,93)(H,94,95)(H3,72,80,86). The number of ether oxygens (including phenoxy) is 2. The molecule has 1 aliphatic rings. The molecule has 30 heteroatoms. The summed E-state index contributed by atoms with van der Waals surface area (Å²) in [5.74, 6) is -9.48. The van der Waals surface area contributed by atoms with Crippen LogP contribution in [0, 0.1) is 11.8 Å². The lowest BCUT2D eigenvalue weighted by Crippen LogP contribution is -2.41. The maximum atomic E-state index is 14.4. The highest BCUT2D eigenvalue weighted by Crippen LogP contribution is 2.46. The quantitative estimate of drug-likeness (QED) is 0.00439. The highest BCUT2D eigenvalue weighted by Gasteiger charge is 2.37. The Hall–Kier alpha value is -10.8. The summed E-state index contributed by atoms with van der Waals surface area (Å²) >= 11 is 6.55. The number of unbranched alkanes of at least 4 members (excludes halogenated alkanes) is 1. The van der Waals surface area contributed by atoms with Crippen molar-refractivity contribution >= 4 is 153 Å². The van der Waals surface area contributed by atoms with E-state index in [9.17, 15) is 73.2 Å². The van der Waals surface area contributed by atoms with Crippen LogP contribution >= 0.6 is 33.2 Å². The Morgan fingerprint density at radius 1 is 0.710 bits per heavy atom. The van der Waals surface area contributed by atoms with Crippen LogP contribution in [0.15, 0.2) is 126 Å². The van der Waals surface area contributed by atoms with Gasteiger partial charge in [0, 0.05) is 106 Å². The highest BCUT2D eigenvalue weighted by atomic mass is 35.5. The van der Waals surface area contributed by atoms with Crippen LogP contribution in [0.1, 0.15) is 112 Å². The molecule has 5 atom stereocenters. The van der Waals surface area contributed by atoms with Gasteiger partial charge in [0.05, 0.1) is 47.2 Å². The molecule has 9 aromatic rings. The van der Waals surface area contributed by atoms with Gasteiger partial charge >= 0.3 is 30.0 Å². The number of anilines is 3. The number of pyridine rings is 1. The zero-order valence-corrected chi connectivity index (χ0v) is 55.8. The number of carbonyl (C=O) groups excluding carboxylic acids is 6. The second-order valence-electron chi connectivity index (χ2n) is 24.0. The summed E-state index contributed by atoms with van der Waals surface area (Å²) in [5.41, 5.74) is 11.2. The zero-order chi connectivity index (χ0) is 71.1. The summed E-state index contributed by atoms with van der Waals surface area (Å²) in [7, 11) is 2.51. The topological polar surface area (TPSA) is 426 Å². The molecule has 0 saturated carbocycles. The normalized spacial score (nSPS) is 13.8. The molecule has 100 heavy (non-hydrogen) atoms. The summed E-state index contributed by atoms with van der Waals surface area (Å²) in [6.45, 7) is 0.318. The smallest absolute Gasteiger partial charge is 0.481 e. The van der Waals surface area contributed by atoms with Gasteiger partial charge in [-0.25, -0.2) is 19.4 Å². The number of fused-ring (bicyclic) bond motifs is 6. The molecule has 5 aromatic carbocycles. The molecule has 520 valence electrons. The van der Waals surface area contributed by atoms with Crippen molar-refractivity contribution in [1.29, 1.82) is 0 Å². The second-order valence-corrected chi connectivity index (χ2v) is 26.9. The number of nitrogens with two attached hydrogens (primary N) is 1. The molecule has 27 nitrogen and oxygen atoms in total. The first-order valence-electron chi connectivity index (χ1n) is 31.9. The first-order chi connectivity index (χ1) is 48.1. The second kappa shape index (κ2) is 33.2. The van der Waals surface area contributed by atoms with Crippen LogP contribution in [0.4, 0.5) is 22.0 Å². The van der Waals surface area contributed by atoms with Gasteiger partial charge in [0.2, 0.25) is 5.91 Å². The third kappa shape index (κ3) is 18.3. The number of rotatable bonds is 35. The maximum absolute atomic E-state index is 14.4. The fourth-order valence-electron chi connectivity index (χ4n) is 11.8. The lowest BCUT2D eigenvalue weighted by atomic mass is 9.94. The Bertz CT molecular complexity index is 4640. The van der Waals surface area contributed by atoms with E-state index in [0.29, 0.717) is 44.9 Å². The third-order valence-corrected chi connectivity index (χ3v) is 19.8. The van der Waals surface area contributed by atoms with Crippen LogP contribution < -0.4 is 36.9 Å². The van der Waals surface area contributed by atoms with Crippen LogP contribution in [-0.2, 0) is 46.5 Å². The van der Waals surface area contributed by atoms with E-state index in [1.807, 2.05) is 60.7 Å². The van der Waals surface area contributed by atoms with Gasteiger partial charge in [-0.2, -0.15) is 0 Å². The Kier molecular flexibility index (Phi) is 23.9. The van der Waals surface area contributed by atoms with Crippen molar-refractivity contribution < 1.29 is 77.8 Å². The van der Waals surface area contributed by atoms with Gasteiger partial charge in [0.25, 0.3) is 17.4 Å². The van der Waals surface area contributed by atoms with E-state index < -0.39 is 96.4 Å². The summed E-state index contributed by atoms with van der Waals surface area (Å²) < 4.78 is 11.2. The Morgan fingerprint density at radius 3 is 2.15 bits per heavy atom. The molecule has 0 aliphatic carbocycles. The summed E-state index contributed by atoms with van der Waals surface area (Å²) in [6.07, 6.45) is -1.00. The zero-order valence-electron chi connectivity index (χ0n) is 53.5. The highest BCUT2D eigenvalue weighted by molar-refractivity contribution is 8.76. The number of aliphatic carboxylic acids is 4. The van der Waals surface area contributed by atoms with E-state index in [0.717, 1.165) is 32.8 Å². The number of para-hydroxylation sites is 1. The van der Waals surface area contributed by atoms with Crippen molar-refractivity contribution in [3.63, 3.8) is 0 Å². The third-order valence-electron chi connectivity index (χ3n) is 17.0. The molecule has 0 fully saturated rings. The first kappa shape index (κ1) is 72.0. The Balaban J connectivity index is 0.621. The minimum absolute atomic E-state index is 0.0737. The van der Waals surface area contributed by atoms with E-state index in [4.69, 9.17) is 26.8 Å². The van der Waals surface area contributed by atoms with Gasteiger partial charge < -0.3 is 71.4 Å². The number of alkyl halides is 1. The number of carboxylic acids is 4. The number of Topliss-reactive ketones (excluding diaryl/α,β-unsaturated/α-hetero) is 2. The number of carbonyl (C=O) groups is 10. The molecule has 0 spiro atoms. The molecular formula is C70H69ClN10O17S2. The average molecular weight is 1420 g/mol. The summed E-state index contributed by atoms with van der Waals surface area (Å²) in [6, 6.07) is 30.2. The van der Waals surface area contributed by atoms with Crippen molar-refractivity contribution in [2.45, 2.75) is 88.8 Å². The number of benzene rings is 5. The molecular weight excluding hydrogens is 1350 g/mol. The van der Waals surface area contributed by atoms with Gasteiger partial charge in [-0.1, -0.05) is 83.0 Å². The van der Waals surface area contributed by atoms with Gasteiger partial charge in [0.15, 0.2) is 11.3 Å². The SMILES string of the molecule is Nc1cc2ncc(CNc3ccc(C(=O)NC(CCC(=O)CC(CCC(=O)NC(CCCCC(CSSCCOC(=O)Oc4cc5c(c6ccccc46)C(CCl)CN5C(=O)c4cc5cc(CC(=O)c6cc7ccccc7[nH]6)ccc5[nH]4)C(=O)O)C(=O)O)C(=O)O)C(=O)O)cc3)nc2c(=O)[nH]1. The minimum Gasteiger partial charge on any atom is -0.481 e. The van der Waals surface area contributed by atoms with E-state index in [-0.39, 0.29) is 122 Å². The molecule has 1 aliphatic heterocycles. The van der Waals surface area contributed by atoms with E-state index in [2.05, 4.69) is 40.9 Å². The van der Waals surface area contributed by atoms with E-state index in [1.54, 1.807) is 41.3 Å². The van der Waals surface area contributed by atoms with Crippen LogP contribution in [-0.4, -0.2) is 147 Å². The lowest BCUT2D eigenvalue weighted by Gasteiger charge is -2.18. The Labute approximate surface area is 582 Å². The molecule has 0 saturated heterocycles. The first-order valence-corrected chi connectivity index (χ1v) is 34.9. The van der Waals surface area contributed by atoms with Crippen LogP contribution in [0.5, 0.6) is 5.75 Å². The largest absolute Gasteiger partial charge is 0.513 e. The monoisotopic (exact) mass is 1420 g/mol. The van der Waals surface area contributed by atoms with Gasteiger partial charge in [-0.15, -0.1) is 11.6 Å². The molecule has 5 unspecified atom stereocenters. The number of halogens is 1. The summed E-state index contributed by atoms with van der Waals surface area (Å²) in [4.78, 5) is 160. The lowest BCUT2D eigenvalue weighted by molar-refractivity contribution is -0.145. The molecule has 0 bridgehead atoms. The number of nitrogens with zero attached hydrogens (tertiary/aromatic N) is 3. The van der Waals surface area contributed by atoms with Crippen molar-refractivity contribution in [1.82, 2.24) is 35.6 Å². The predicted molar refractivity (Wildman–Crippen MR) is 376 cm³/mol. The Morgan fingerprint density at radius 2 is 1.41 bits per heavy atom. The van der Waals surface area contributed by atoms with Gasteiger partial charge in [-0.05, 0) is 96.8 Å². The number of ketones is 2. The average Bonchev–Trinajstić information content (AvgIpc) is 1.56. The van der Waals surface area contributed by atoms with Crippen molar-refractivity contribution in [2.24, 2.45) is 11.8 Å². The van der Waals surface area contributed by atoms with E-state index >= 15 is 0 Å². The molecule has 5 heterocycles. The van der Waals surface area contributed by atoms with Crippen LogP contribution in [0.25, 0.3) is 43.6 Å². The number of amides is 3. The fourth-order valence-corrected chi connectivity index (χ4v) is 14.2. The predicted octanol–water partition coefficient (Wildman–Crippen LogP) is 9.87. The molecule has 12 N–H and O–H groups in total. The number of H-pyrrole nitrogens is 3. The fraction of sp³-hybridized carbons (Fsp3) is 0.300. The van der Waals surface area contributed by atoms with Crippen LogP contribution in [0.3, 0.4) is 0 Å². The summed E-state index contributed by atoms with van der Waals surface area (Å²) in [5, 5.41) is 50.4. The van der Waals surface area contributed by atoms with Crippen LogP contribution in [0.2, 0.25) is 0 Å². The van der Waals surface area contributed by atoms with Crippen molar-refractivity contribution in [3.8, 4) is 5.75 Å². The molecule has 4 aromatic heterocycles. The van der Waals surface area contributed by atoms with Gasteiger partial charge in [0.1, 0.15) is 41.7 Å². The van der Waals surface area contributed by atoms with E-state index in [1.165, 1.54) is 46.0 Å². The number of nitrogen functional groups attached to an aromatic ring is 1. The number of nitrogens with one attached hydrogen (secondary N) is 6. The molecule has 10 rings (SSSR count). The van der Waals surface area contributed by atoms with Crippen molar-refractivity contribution in [3.05, 3.63) is 166 Å². The number of hydrogen-bond acceptors (Lipinski definition) is 19. The maximum Gasteiger partial charge on any atom is 0.513 e. The number of aromatic amines is 3. The van der Waals surface area contributed by atoms with Gasteiger partial charge in [-0.3, -0.25) is 43.3 Å². The molecule has 0 radical (unpaired) electrons. The minimum atomic E-state index is -1.52. The molecule has 3 amide bonds. The van der Waals surface area contributed by atoms with Crippen molar-refractivity contribution in [2.75, 3.05) is 46.5 Å². The number of aromatic nitrogens is 5. The number of carboxylic acid groups (broad SMARTS) is 4. The number of hydrogen-bond donors (Lipinski definition) is 11.